The van der Waals surface area contributed by atoms with Gasteiger partial charge in [-0.3, -0.25) is 0 Å². The Morgan fingerprint density at radius 1 is 1.25 bits per heavy atom. The molecule has 1 aromatic heterocycles. The Kier molecular flexibility index (Phi) is 1.97. The quantitative estimate of drug-likeness (QED) is 0.645. The van der Waals surface area contributed by atoms with Gasteiger partial charge in [0.15, 0.2) is 0 Å². The topological polar surface area (TPSA) is 0 Å². The Balaban J connectivity index is 2.96. The molecule has 1 aromatic carbocycles. The molecule has 0 fully saturated rings. The standard InChI is InChI=1S/C10H9BrS/c1-6-3-4-9-10(7(6)2)8(11)5-12-9/h3-5H,1-2H3. The van der Waals surface area contributed by atoms with Gasteiger partial charge in [-0.15, -0.1) is 11.3 Å². The summed E-state index contributed by atoms with van der Waals surface area (Å²) in [5.41, 5.74) is 2.75. The maximum Gasteiger partial charge on any atom is 0.0363 e. The summed E-state index contributed by atoms with van der Waals surface area (Å²) in [4.78, 5) is 0. The fraction of sp³-hybridized carbons (Fsp3) is 0.200. The van der Waals surface area contributed by atoms with Gasteiger partial charge < -0.3 is 0 Å². The van der Waals surface area contributed by atoms with E-state index in [0.717, 1.165) is 0 Å². The van der Waals surface area contributed by atoms with Crippen molar-refractivity contribution in [2.45, 2.75) is 13.8 Å². The summed E-state index contributed by atoms with van der Waals surface area (Å²) in [7, 11) is 0. The van der Waals surface area contributed by atoms with Gasteiger partial charge in [0.05, 0.1) is 0 Å². The molecule has 0 nitrogen and oxygen atoms in total. The van der Waals surface area contributed by atoms with E-state index in [2.05, 4.69) is 47.3 Å². The van der Waals surface area contributed by atoms with Crippen molar-refractivity contribution in [1.82, 2.24) is 0 Å². The van der Waals surface area contributed by atoms with Gasteiger partial charge in [0.25, 0.3) is 0 Å². The maximum absolute atomic E-state index is 3.56. The van der Waals surface area contributed by atoms with Crippen LogP contribution < -0.4 is 0 Å². The van der Waals surface area contributed by atoms with Crippen LogP contribution in [-0.2, 0) is 0 Å². The molecule has 0 atom stereocenters. The lowest BCUT2D eigenvalue weighted by atomic mass is 10.1. The van der Waals surface area contributed by atoms with Crippen LogP contribution in [0.3, 0.4) is 0 Å². The zero-order chi connectivity index (χ0) is 8.72. The third kappa shape index (κ3) is 1.10. The highest BCUT2D eigenvalue weighted by atomic mass is 79.9. The molecule has 2 rings (SSSR count). The second kappa shape index (κ2) is 2.86. The average Bonchev–Trinajstić information content (AvgIpc) is 2.41. The van der Waals surface area contributed by atoms with Gasteiger partial charge in [-0.25, -0.2) is 0 Å². The normalized spacial score (nSPS) is 10.9. The molecule has 0 aliphatic carbocycles. The van der Waals surface area contributed by atoms with E-state index in [1.165, 1.54) is 25.7 Å². The van der Waals surface area contributed by atoms with Gasteiger partial charge in [0.1, 0.15) is 0 Å². The minimum Gasteiger partial charge on any atom is -0.143 e. The van der Waals surface area contributed by atoms with Crippen LogP contribution in [0.25, 0.3) is 10.1 Å². The molecule has 0 saturated carbocycles. The molecule has 0 bridgehead atoms. The molecule has 1 heterocycles. The monoisotopic (exact) mass is 240 g/mol. The van der Waals surface area contributed by atoms with E-state index in [9.17, 15) is 0 Å². The van der Waals surface area contributed by atoms with Gasteiger partial charge in [-0.2, -0.15) is 0 Å². The fourth-order valence-corrected chi connectivity index (χ4v) is 3.16. The summed E-state index contributed by atoms with van der Waals surface area (Å²) in [6.45, 7) is 4.33. The second-order valence-electron chi connectivity index (χ2n) is 2.96. The first-order valence-corrected chi connectivity index (χ1v) is 5.50. The lowest BCUT2D eigenvalue weighted by Gasteiger charge is -2.01. The fourth-order valence-electron chi connectivity index (χ4n) is 1.36. The summed E-state index contributed by atoms with van der Waals surface area (Å²) in [6.07, 6.45) is 0. The van der Waals surface area contributed by atoms with E-state index in [1.54, 1.807) is 11.3 Å². The SMILES string of the molecule is Cc1ccc2scc(Br)c2c1C. The van der Waals surface area contributed by atoms with Crippen molar-refractivity contribution in [3.05, 3.63) is 33.1 Å². The van der Waals surface area contributed by atoms with Crippen LogP contribution in [0.15, 0.2) is 22.0 Å². The zero-order valence-corrected chi connectivity index (χ0v) is 9.42. The van der Waals surface area contributed by atoms with Crippen molar-refractivity contribution < 1.29 is 0 Å². The molecule has 0 N–H and O–H groups in total. The Labute approximate surface area is 84.4 Å². The van der Waals surface area contributed by atoms with Crippen LogP contribution in [0.1, 0.15) is 11.1 Å². The molecule has 0 aliphatic rings. The molecule has 2 aromatic rings. The van der Waals surface area contributed by atoms with Crippen molar-refractivity contribution in [2.24, 2.45) is 0 Å². The van der Waals surface area contributed by atoms with Gasteiger partial charge in [-0.05, 0) is 47.0 Å². The number of aryl methyl sites for hydroxylation is 2. The molecule has 0 radical (unpaired) electrons. The van der Waals surface area contributed by atoms with Gasteiger partial charge in [0.2, 0.25) is 0 Å². The summed E-state index contributed by atoms with van der Waals surface area (Å²) in [6, 6.07) is 4.37. The molecule has 0 unspecified atom stereocenters. The molecule has 12 heavy (non-hydrogen) atoms. The lowest BCUT2D eigenvalue weighted by Crippen LogP contribution is -1.79. The van der Waals surface area contributed by atoms with E-state index in [1.807, 2.05) is 0 Å². The summed E-state index contributed by atoms with van der Waals surface area (Å²) >= 11 is 5.35. The number of rotatable bonds is 0. The Morgan fingerprint density at radius 3 is 2.75 bits per heavy atom. The molecular formula is C10H9BrS. The smallest absolute Gasteiger partial charge is 0.0363 e. The molecule has 0 aliphatic heterocycles. The van der Waals surface area contributed by atoms with Crippen molar-refractivity contribution in [1.29, 1.82) is 0 Å². The highest BCUT2D eigenvalue weighted by molar-refractivity contribution is 9.10. The first-order valence-electron chi connectivity index (χ1n) is 3.83. The first-order chi connectivity index (χ1) is 5.70. The molecular weight excluding hydrogens is 232 g/mol. The highest BCUT2D eigenvalue weighted by Crippen LogP contribution is 2.33. The molecule has 62 valence electrons. The third-order valence-electron chi connectivity index (χ3n) is 2.23. The summed E-state index contributed by atoms with van der Waals surface area (Å²) in [5, 5.41) is 3.52. The maximum atomic E-state index is 3.56. The van der Waals surface area contributed by atoms with Crippen molar-refractivity contribution >= 4 is 37.4 Å². The Hall–Kier alpha value is -0.340. The predicted octanol–water partition coefficient (Wildman–Crippen LogP) is 4.28. The van der Waals surface area contributed by atoms with Crippen molar-refractivity contribution in [3.63, 3.8) is 0 Å². The number of thiophene rings is 1. The largest absolute Gasteiger partial charge is 0.143 e. The highest BCUT2D eigenvalue weighted by Gasteiger charge is 2.05. The van der Waals surface area contributed by atoms with E-state index in [0.29, 0.717) is 0 Å². The van der Waals surface area contributed by atoms with Crippen LogP contribution in [0, 0.1) is 13.8 Å². The van der Waals surface area contributed by atoms with E-state index < -0.39 is 0 Å². The third-order valence-corrected chi connectivity index (χ3v) is 4.10. The van der Waals surface area contributed by atoms with Crippen LogP contribution in [0.2, 0.25) is 0 Å². The predicted molar refractivity (Wildman–Crippen MR) is 59.0 cm³/mol. The minimum absolute atomic E-state index is 1.23. The van der Waals surface area contributed by atoms with Crippen LogP contribution in [0.4, 0.5) is 0 Å². The van der Waals surface area contributed by atoms with E-state index in [4.69, 9.17) is 0 Å². The Bertz CT molecular complexity index is 429. The average molecular weight is 241 g/mol. The molecule has 2 heteroatoms. The Morgan fingerprint density at radius 2 is 2.00 bits per heavy atom. The lowest BCUT2D eigenvalue weighted by molar-refractivity contribution is 1.38. The summed E-state index contributed by atoms with van der Waals surface area (Å²) < 4.78 is 2.59. The van der Waals surface area contributed by atoms with Crippen molar-refractivity contribution in [2.75, 3.05) is 0 Å². The van der Waals surface area contributed by atoms with Crippen LogP contribution in [0.5, 0.6) is 0 Å². The summed E-state index contributed by atoms with van der Waals surface area (Å²) in [5.74, 6) is 0. The van der Waals surface area contributed by atoms with Crippen LogP contribution >= 0.6 is 27.3 Å². The second-order valence-corrected chi connectivity index (χ2v) is 4.73. The van der Waals surface area contributed by atoms with Gasteiger partial charge in [0, 0.05) is 19.9 Å². The van der Waals surface area contributed by atoms with Gasteiger partial charge in [-0.1, -0.05) is 6.07 Å². The van der Waals surface area contributed by atoms with Crippen LogP contribution in [-0.4, -0.2) is 0 Å². The number of hydrogen-bond acceptors (Lipinski definition) is 1. The van der Waals surface area contributed by atoms with Crippen molar-refractivity contribution in [3.8, 4) is 0 Å². The number of hydrogen-bond donors (Lipinski definition) is 0. The number of halogens is 1. The first kappa shape index (κ1) is 8.27. The van der Waals surface area contributed by atoms with Gasteiger partial charge >= 0.3 is 0 Å². The van der Waals surface area contributed by atoms with E-state index in [-0.39, 0.29) is 0 Å². The number of benzene rings is 1. The zero-order valence-electron chi connectivity index (χ0n) is 7.02. The van der Waals surface area contributed by atoms with E-state index >= 15 is 0 Å². The minimum atomic E-state index is 1.23. The molecule has 0 saturated heterocycles. The molecule has 0 spiro atoms. The number of fused-ring (bicyclic) bond motifs is 1. The molecule has 0 amide bonds.